The van der Waals surface area contributed by atoms with E-state index in [2.05, 4.69) is 0 Å². The van der Waals surface area contributed by atoms with Crippen molar-refractivity contribution in [2.45, 2.75) is 18.5 Å². The third kappa shape index (κ3) is 3.72. The first kappa shape index (κ1) is 10.9. The molecule has 0 saturated carbocycles. The van der Waals surface area contributed by atoms with E-state index >= 15 is 0 Å². The van der Waals surface area contributed by atoms with Crippen LogP contribution in [0, 0.1) is 0 Å². The molecule has 3 N–H and O–H groups in total. The number of aliphatic hydroxyl groups is 3. The van der Waals surface area contributed by atoms with Crippen molar-refractivity contribution in [2.75, 3.05) is 19.8 Å². The molecule has 0 aliphatic heterocycles. The van der Waals surface area contributed by atoms with Crippen molar-refractivity contribution in [3.63, 3.8) is 0 Å². The molecule has 64 valence electrons. The van der Waals surface area contributed by atoms with Crippen LogP contribution < -0.4 is 0 Å². The second-order valence-electron chi connectivity index (χ2n) is 2.61. The van der Waals surface area contributed by atoms with Gasteiger partial charge in [-0.3, -0.25) is 0 Å². The lowest BCUT2D eigenvalue weighted by Crippen LogP contribution is -2.42. The Morgan fingerprint density at radius 2 is 1.82 bits per heavy atom. The van der Waals surface area contributed by atoms with Gasteiger partial charge in [-0.05, 0) is 6.92 Å². The molecular formula is C6H13BO4. The molecule has 0 fully saturated rings. The molecular weight excluding hydrogens is 147 g/mol. The van der Waals surface area contributed by atoms with Crippen LogP contribution >= 0.6 is 0 Å². The zero-order chi connectivity index (χ0) is 8.91. The monoisotopic (exact) mass is 160 g/mol. The topological polar surface area (TPSA) is 69.9 Å². The summed E-state index contributed by atoms with van der Waals surface area (Å²) in [5.41, 5.74) is -1.07. The van der Waals surface area contributed by atoms with Crippen LogP contribution in [0.4, 0.5) is 0 Å². The molecule has 11 heavy (non-hydrogen) atoms. The van der Waals surface area contributed by atoms with Gasteiger partial charge in [0.05, 0.1) is 19.8 Å². The highest BCUT2D eigenvalue weighted by Gasteiger charge is 2.24. The Balaban J connectivity index is 3.86. The number of hydrogen-bond donors (Lipinski definition) is 3. The van der Waals surface area contributed by atoms with Crippen LogP contribution in [-0.2, 0) is 4.74 Å². The molecule has 1 unspecified atom stereocenters. The molecule has 5 heteroatoms. The summed E-state index contributed by atoms with van der Waals surface area (Å²) in [5, 5.41) is 25.9. The minimum absolute atomic E-state index is 0.336. The van der Waals surface area contributed by atoms with E-state index in [9.17, 15) is 0 Å². The lowest BCUT2D eigenvalue weighted by atomic mass is 9.99. The average Bonchev–Trinajstić information content (AvgIpc) is 2.04. The summed E-state index contributed by atoms with van der Waals surface area (Å²) in [7, 11) is 5.22. The van der Waals surface area contributed by atoms with Gasteiger partial charge in [-0.25, -0.2) is 0 Å². The van der Waals surface area contributed by atoms with E-state index < -0.39 is 11.6 Å². The van der Waals surface area contributed by atoms with Gasteiger partial charge in [0.2, 0.25) is 0 Å². The van der Waals surface area contributed by atoms with Crippen molar-refractivity contribution in [1.82, 2.24) is 0 Å². The Morgan fingerprint density at radius 1 is 1.36 bits per heavy atom. The average molecular weight is 160 g/mol. The van der Waals surface area contributed by atoms with Crippen LogP contribution in [0.3, 0.4) is 0 Å². The van der Waals surface area contributed by atoms with E-state index in [0.717, 1.165) is 0 Å². The summed E-state index contributed by atoms with van der Waals surface area (Å²) in [6.45, 7) is 0.493. The summed E-state index contributed by atoms with van der Waals surface area (Å²) >= 11 is 0. The van der Waals surface area contributed by atoms with E-state index in [1.165, 1.54) is 6.92 Å². The van der Waals surface area contributed by atoms with E-state index in [1.807, 2.05) is 0 Å². The van der Waals surface area contributed by atoms with Crippen molar-refractivity contribution in [2.24, 2.45) is 0 Å². The molecule has 0 aliphatic rings. The van der Waals surface area contributed by atoms with Crippen molar-refractivity contribution >= 4 is 7.85 Å². The van der Waals surface area contributed by atoms with E-state index in [0.29, 0.717) is 0 Å². The first-order valence-electron chi connectivity index (χ1n) is 3.34. The predicted molar refractivity (Wildman–Crippen MR) is 40.3 cm³/mol. The van der Waals surface area contributed by atoms with Crippen LogP contribution in [-0.4, -0.2) is 54.6 Å². The maximum Gasteiger partial charge on any atom is 0.112 e. The zero-order valence-corrected chi connectivity index (χ0v) is 6.53. The SMILES string of the molecule is [B]C(CO)OC(C)(CO)CO. The summed E-state index contributed by atoms with van der Waals surface area (Å²) < 4.78 is 4.91. The predicted octanol–water partition coefficient (Wildman–Crippen LogP) is -1.77. The van der Waals surface area contributed by atoms with Crippen molar-refractivity contribution in [3.05, 3.63) is 0 Å². The van der Waals surface area contributed by atoms with Crippen LogP contribution in [0.2, 0.25) is 0 Å². The Labute approximate surface area is 67.2 Å². The highest BCUT2D eigenvalue weighted by molar-refractivity contribution is 6.11. The van der Waals surface area contributed by atoms with E-state index in [4.69, 9.17) is 27.9 Å². The molecule has 0 bridgehead atoms. The zero-order valence-electron chi connectivity index (χ0n) is 6.53. The molecule has 0 rings (SSSR count). The third-order valence-electron chi connectivity index (χ3n) is 1.28. The van der Waals surface area contributed by atoms with E-state index in [1.54, 1.807) is 0 Å². The Morgan fingerprint density at radius 3 is 2.09 bits per heavy atom. The molecule has 0 amide bonds. The second kappa shape index (κ2) is 4.72. The van der Waals surface area contributed by atoms with Crippen LogP contribution in [0.15, 0.2) is 0 Å². The van der Waals surface area contributed by atoms with Crippen molar-refractivity contribution in [3.8, 4) is 0 Å². The fourth-order valence-corrected chi connectivity index (χ4v) is 0.527. The van der Waals surface area contributed by atoms with Gasteiger partial charge < -0.3 is 20.1 Å². The van der Waals surface area contributed by atoms with Gasteiger partial charge in [-0.1, -0.05) is 0 Å². The van der Waals surface area contributed by atoms with Gasteiger partial charge in [-0.15, -0.1) is 0 Å². The van der Waals surface area contributed by atoms with Gasteiger partial charge in [-0.2, -0.15) is 0 Å². The summed E-state index contributed by atoms with van der Waals surface area (Å²) in [4.78, 5) is 0. The van der Waals surface area contributed by atoms with Crippen LogP contribution in [0.1, 0.15) is 6.92 Å². The Bertz CT molecular complexity index is 105. The van der Waals surface area contributed by atoms with Gasteiger partial charge in [0.15, 0.2) is 0 Å². The molecule has 4 nitrogen and oxygen atoms in total. The van der Waals surface area contributed by atoms with E-state index in [-0.39, 0.29) is 19.8 Å². The summed E-state index contributed by atoms with van der Waals surface area (Å²) in [6.07, 6.45) is 0. The minimum Gasteiger partial charge on any atom is -0.395 e. The number of hydrogen-bond acceptors (Lipinski definition) is 4. The first-order valence-corrected chi connectivity index (χ1v) is 3.34. The van der Waals surface area contributed by atoms with Crippen LogP contribution in [0.25, 0.3) is 0 Å². The maximum atomic E-state index is 8.71. The third-order valence-corrected chi connectivity index (χ3v) is 1.28. The van der Waals surface area contributed by atoms with Crippen molar-refractivity contribution in [1.29, 1.82) is 0 Å². The van der Waals surface area contributed by atoms with Crippen molar-refractivity contribution < 1.29 is 20.1 Å². The highest BCUT2D eigenvalue weighted by atomic mass is 16.5. The number of ether oxygens (including phenoxy) is 1. The molecule has 0 aromatic heterocycles. The second-order valence-corrected chi connectivity index (χ2v) is 2.61. The fraction of sp³-hybridized carbons (Fsp3) is 1.00. The lowest BCUT2D eigenvalue weighted by molar-refractivity contribution is -0.118. The Kier molecular flexibility index (Phi) is 4.68. The van der Waals surface area contributed by atoms with Gasteiger partial charge in [0.25, 0.3) is 0 Å². The standard InChI is InChI=1S/C6H13BO4/c1-6(3-9,4-10)11-5(7)2-8/h5,8-10H,2-4H2,1H3. The normalized spacial score (nSPS) is 14.9. The molecule has 0 heterocycles. The first-order chi connectivity index (χ1) is 5.08. The molecule has 0 aliphatic carbocycles. The largest absolute Gasteiger partial charge is 0.395 e. The quantitative estimate of drug-likeness (QED) is 0.416. The molecule has 0 aromatic rings. The molecule has 0 aromatic carbocycles. The molecule has 0 spiro atoms. The molecule has 1 atom stereocenters. The van der Waals surface area contributed by atoms with Gasteiger partial charge in [0.1, 0.15) is 13.4 Å². The smallest absolute Gasteiger partial charge is 0.112 e. The number of rotatable bonds is 5. The summed E-state index contributed by atoms with van der Waals surface area (Å²) in [5.74, 6) is 0. The van der Waals surface area contributed by atoms with Crippen LogP contribution in [0.5, 0.6) is 0 Å². The lowest BCUT2D eigenvalue weighted by Gasteiger charge is -2.28. The van der Waals surface area contributed by atoms with Gasteiger partial charge >= 0.3 is 0 Å². The maximum absolute atomic E-state index is 8.71. The highest BCUT2D eigenvalue weighted by Crippen LogP contribution is 2.09. The minimum atomic E-state index is -1.07. The fourth-order valence-electron chi connectivity index (χ4n) is 0.527. The van der Waals surface area contributed by atoms with Gasteiger partial charge in [0, 0.05) is 6.00 Å². The molecule has 0 saturated heterocycles. The molecule has 2 radical (unpaired) electrons. The summed E-state index contributed by atoms with van der Waals surface area (Å²) in [6, 6.07) is -0.862. The number of aliphatic hydroxyl groups excluding tert-OH is 3. The Hall–Kier alpha value is -0.0951.